The van der Waals surface area contributed by atoms with Crippen LogP contribution in [0.1, 0.15) is 6.92 Å². The molecule has 0 saturated heterocycles. The Labute approximate surface area is 94.9 Å². The van der Waals surface area contributed by atoms with E-state index in [1.54, 1.807) is 7.05 Å². The number of nitrogens with zero attached hydrogens (tertiary/aromatic N) is 2. The van der Waals surface area contributed by atoms with Crippen LogP contribution in [0.25, 0.3) is 0 Å². The van der Waals surface area contributed by atoms with Gasteiger partial charge in [-0.2, -0.15) is 0 Å². The minimum atomic E-state index is -0.265. The molecular formula is C9H19N5O2. The van der Waals surface area contributed by atoms with Gasteiger partial charge in [-0.1, -0.05) is 0 Å². The molecule has 0 spiro atoms. The molecule has 1 amide bonds. The van der Waals surface area contributed by atoms with Gasteiger partial charge >= 0.3 is 0 Å². The zero-order chi connectivity index (χ0) is 12.6. The van der Waals surface area contributed by atoms with E-state index >= 15 is 0 Å². The number of ketones is 1. The second kappa shape index (κ2) is 7.63. The molecule has 0 aliphatic carbocycles. The van der Waals surface area contributed by atoms with Crippen LogP contribution >= 0.6 is 0 Å². The fourth-order valence-corrected chi connectivity index (χ4v) is 1.07. The number of nitrogens with two attached hydrogens (primary N) is 2. The summed E-state index contributed by atoms with van der Waals surface area (Å²) in [4.78, 5) is 27.6. The van der Waals surface area contributed by atoms with Crippen molar-refractivity contribution < 1.29 is 9.59 Å². The molecule has 0 aromatic heterocycles. The van der Waals surface area contributed by atoms with E-state index in [4.69, 9.17) is 11.5 Å². The quantitative estimate of drug-likeness (QED) is 0.342. The second-order valence-corrected chi connectivity index (χ2v) is 3.36. The third kappa shape index (κ3) is 6.77. The Morgan fingerprint density at radius 2 is 2.00 bits per heavy atom. The number of carbonyl (C=O) groups is 2. The molecule has 0 aliphatic rings. The smallest absolute Gasteiger partial charge is 0.244 e. The van der Waals surface area contributed by atoms with Crippen LogP contribution < -0.4 is 16.8 Å². The molecule has 0 bridgehead atoms. The molecular weight excluding hydrogens is 210 g/mol. The summed E-state index contributed by atoms with van der Waals surface area (Å²) in [5.74, 6) is -0.474. The van der Waals surface area contributed by atoms with Gasteiger partial charge in [0.2, 0.25) is 5.91 Å². The van der Waals surface area contributed by atoms with E-state index in [0.29, 0.717) is 13.1 Å². The number of amides is 1. The maximum absolute atomic E-state index is 11.6. The average Bonchev–Trinajstić information content (AvgIpc) is 2.20. The Morgan fingerprint density at radius 1 is 1.38 bits per heavy atom. The van der Waals surface area contributed by atoms with Crippen LogP contribution in [0.2, 0.25) is 0 Å². The minimum Gasteiger partial charge on any atom is -0.370 e. The van der Waals surface area contributed by atoms with Gasteiger partial charge in [-0.15, -0.1) is 0 Å². The highest BCUT2D eigenvalue weighted by atomic mass is 16.2. The summed E-state index contributed by atoms with van der Waals surface area (Å²) in [5.41, 5.74) is 10.2. The normalized spacial score (nSPS) is 9.62. The molecule has 0 unspecified atom stereocenters. The number of aliphatic imine (C=N–C) groups is 1. The first-order chi connectivity index (χ1) is 7.47. The summed E-state index contributed by atoms with van der Waals surface area (Å²) in [6, 6.07) is 0. The Balaban J connectivity index is 4.31. The Kier molecular flexibility index (Phi) is 6.86. The van der Waals surface area contributed by atoms with Crippen molar-refractivity contribution in [1.29, 1.82) is 0 Å². The highest BCUT2D eigenvalue weighted by Gasteiger charge is 2.13. The number of guanidine groups is 1. The number of hydrogen-bond acceptors (Lipinski definition) is 4. The summed E-state index contributed by atoms with van der Waals surface area (Å²) in [6.45, 7) is 2.45. The number of hydrogen-bond donors (Lipinski definition) is 3. The van der Waals surface area contributed by atoms with Crippen LogP contribution in [0.4, 0.5) is 0 Å². The number of carbonyl (C=O) groups excluding carboxylic acids is 2. The minimum absolute atomic E-state index is 0.0749. The topological polar surface area (TPSA) is 114 Å². The highest BCUT2D eigenvalue weighted by molar-refractivity contribution is 5.87. The number of rotatable bonds is 7. The molecule has 0 aromatic rings. The molecule has 0 heterocycles. The standard InChI is InChI=1S/C9H19N5O2/c1-7(15)6-14(4-3-12-2)8(16)5-13-9(10)11/h12H,3-6H2,1-2H3,(H4,10,11,13). The van der Waals surface area contributed by atoms with E-state index in [1.165, 1.54) is 11.8 Å². The van der Waals surface area contributed by atoms with Crippen molar-refractivity contribution in [2.75, 3.05) is 33.2 Å². The first-order valence-corrected chi connectivity index (χ1v) is 4.94. The fraction of sp³-hybridized carbons (Fsp3) is 0.667. The molecule has 0 aliphatic heterocycles. The molecule has 0 saturated carbocycles. The van der Waals surface area contributed by atoms with Crippen LogP contribution in [0.5, 0.6) is 0 Å². The van der Waals surface area contributed by atoms with Crippen molar-refractivity contribution in [3.63, 3.8) is 0 Å². The predicted octanol–water partition coefficient (Wildman–Crippen LogP) is -2.10. The second-order valence-electron chi connectivity index (χ2n) is 3.36. The van der Waals surface area contributed by atoms with Crippen LogP contribution in [0, 0.1) is 0 Å². The lowest BCUT2D eigenvalue weighted by Crippen LogP contribution is -2.40. The lowest BCUT2D eigenvalue weighted by molar-refractivity contribution is -0.133. The van der Waals surface area contributed by atoms with E-state index in [2.05, 4.69) is 10.3 Å². The predicted molar refractivity (Wildman–Crippen MR) is 61.9 cm³/mol. The van der Waals surface area contributed by atoms with Crippen molar-refractivity contribution in [1.82, 2.24) is 10.2 Å². The van der Waals surface area contributed by atoms with Gasteiger partial charge in [0, 0.05) is 13.1 Å². The zero-order valence-corrected chi connectivity index (χ0v) is 9.69. The van der Waals surface area contributed by atoms with Gasteiger partial charge in [-0.05, 0) is 14.0 Å². The highest BCUT2D eigenvalue weighted by Crippen LogP contribution is 1.91. The van der Waals surface area contributed by atoms with Gasteiger partial charge in [0.15, 0.2) is 5.96 Å². The molecule has 7 heteroatoms. The van der Waals surface area contributed by atoms with Crippen LogP contribution in [-0.4, -0.2) is 55.8 Å². The SMILES string of the molecule is CNCCN(CC(C)=O)C(=O)CN=C(N)N. The molecule has 0 radical (unpaired) electrons. The van der Waals surface area contributed by atoms with E-state index in [-0.39, 0.29) is 30.7 Å². The maximum Gasteiger partial charge on any atom is 0.244 e. The number of nitrogens with one attached hydrogen (secondary N) is 1. The largest absolute Gasteiger partial charge is 0.370 e. The number of Topliss-reactive ketones (excluding diaryl/α,β-unsaturated/α-hetero) is 1. The fourth-order valence-electron chi connectivity index (χ4n) is 1.07. The third-order valence-electron chi connectivity index (χ3n) is 1.79. The molecule has 0 atom stereocenters. The van der Waals surface area contributed by atoms with Crippen molar-refractivity contribution >= 4 is 17.6 Å². The molecule has 0 aromatic carbocycles. The number of likely N-dealkylation sites (N-methyl/N-ethyl adjacent to an activating group) is 1. The maximum atomic E-state index is 11.6. The van der Waals surface area contributed by atoms with Gasteiger partial charge < -0.3 is 21.7 Å². The first kappa shape index (κ1) is 14.4. The average molecular weight is 229 g/mol. The van der Waals surface area contributed by atoms with Gasteiger partial charge in [0.1, 0.15) is 12.3 Å². The Bertz CT molecular complexity index is 273. The van der Waals surface area contributed by atoms with Crippen molar-refractivity contribution in [2.45, 2.75) is 6.92 Å². The molecule has 7 nitrogen and oxygen atoms in total. The van der Waals surface area contributed by atoms with Gasteiger partial charge in [-0.3, -0.25) is 9.59 Å². The summed E-state index contributed by atoms with van der Waals surface area (Å²) in [6.07, 6.45) is 0. The lowest BCUT2D eigenvalue weighted by atomic mass is 10.3. The summed E-state index contributed by atoms with van der Waals surface area (Å²) < 4.78 is 0. The monoisotopic (exact) mass is 229 g/mol. The summed E-state index contributed by atoms with van der Waals surface area (Å²) in [7, 11) is 1.77. The van der Waals surface area contributed by atoms with E-state index in [1.807, 2.05) is 0 Å². The van der Waals surface area contributed by atoms with Gasteiger partial charge in [-0.25, -0.2) is 4.99 Å². The zero-order valence-electron chi connectivity index (χ0n) is 9.69. The third-order valence-corrected chi connectivity index (χ3v) is 1.79. The van der Waals surface area contributed by atoms with Gasteiger partial charge in [0.05, 0.1) is 6.54 Å². The first-order valence-electron chi connectivity index (χ1n) is 4.94. The van der Waals surface area contributed by atoms with Crippen LogP contribution in [-0.2, 0) is 9.59 Å². The van der Waals surface area contributed by atoms with E-state index in [9.17, 15) is 9.59 Å². The van der Waals surface area contributed by atoms with Gasteiger partial charge in [0.25, 0.3) is 0 Å². The Morgan fingerprint density at radius 3 is 2.44 bits per heavy atom. The molecule has 0 rings (SSSR count). The molecule has 16 heavy (non-hydrogen) atoms. The van der Waals surface area contributed by atoms with Crippen molar-refractivity contribution in [3.8, 4) is 0 Å². The van der Waals surface area contributed by atoms with Crippen molar-refractivity contribution in [2.24, 2.45) is 16.5 Å². The Hall–Kier alpha value is -1.63. The van der Waals surface area contributed by atoms with Crippen LogP contribution in [0.15, 0.2) is 4.99 Å². The lowest BCUT2D eigenvalue weighted by Gasteiger charge is -2.20. The summed E-state index contributed by atoms with van der Waals surface area (Å²) >= 11 is 0. The van der Waals surface area contributed by atoms with E-state index < -0.39 is 0 Å². The molecule has 0 fully saturated rings. The molecule has 92 valence electrons. The van der Waals surface area contributed by atoms with Crippen LogP contribution in [0.3, 0.4) is 0 Å². The molecule has 5 N–H and O–H groups in total. The van der Waals surface area contributed by atoms with Crippen molar-refractivity contribution in [3.05, 3.63) is 0 Å². The van der Waals surface area contributed by atoms with E-state index in [0.717, 1.165) is 0 Å². The summed E-state index contributed by atoms with van der Waals surface area (Å²) in [5, 5.41) is 2.90.